The molecule has 0 saturated carbocycles. The van der Waals surface area contributed by atoms with Crippen LogP contribution in [0.15, 0.2) is 12.2 Å². The Balaban J connectivity index is 5.33. The third kappa shape index (κ3) is 22.1. The normalized spacial score (nSPS) is 13.7. The highest BCUT2D eigenvalue weighted by Gasteiger charge is 2.34. The summed E-state index contributed by atoms with van der Waals surface area (Å²) in [6, 6.07) is -5.08. The molecule has 11 amide bonds. The van der Waals surface area contributed by atoms with E-state index in [0.29, 0.717) is 12.8 Å². The number of carbonyl (C=O) groups is 11. The number of rotatable bonds is 29. The van der Waals surface area contributed by atoms with Crippen molar-refractivity contribution in [3.8, 4) is 0 Å². The highest BCUT2D eigenvalue weighted by molar-refractivity contribution is 5.96. The molecule has 0 aliphatic rings. The van der Waals surface area contributed by atoms with Gasteiger partial charge >= 0.3 is 0 Å². The molecule has 0 aromatic heterocycles. The molecule has 23 heteroatoms. The largest absolute Gasteiger partial charge is 0.393 e. The summed E-state index contributed by atoms with van der Waals surface area (Å²) in [7, 11) is 11.5. The molecule has 6 atom stereocenters. The van der Waals surface area contributed by atoms with Crippen LogP contribution in [0.2, 0.25) is 0 Å². The summed E-state index contributed by atoms with van der Waals surface area (Å²) >= 11 is 0. The lowest BCUT2D eigenvalue weighted by Gasteiger charge is -2.33. The predicted molar refractivity (Wildman–Crippen MR) is 262 cm³/mol. The van der Waals surface area contributed by atoms with Crippen LogP contribution in [0.4, 0.5) is 0 Å². The van der Waals surface area contributed by atoms with Crippen LogP contribution in [0.25, 0.3) is 0 Å². The van der Waals surface area contributed by atoms with E-state index in [1.54, 1.807) is 21.0 Å². The SMILES string of the molecule is C/C=C/CCC(O)CC(=O)NC(CC)C(=O)N(C)CC(=O)N(C)CC(=O)NCC(=O)N(C)C(CC(C)C)C(=O)N[C@@H](C)C(=O)NC(C)C(=O)N(C)CC(=O)N(C)CC(=O)N(C)C(C(=O)N(C)C)C(C)C. The molecule has 0 rings (SSSR count). The van der Waals surface area contributed by atoms with Crippen LogP contribution < -0.4 is 21.3 Å². The lowest BCUT2D eigenvalue weighted by atomic mass is 10.0. The van der Waals surface area contributed by atoms with Gasteiger partial charge in [-0.25, -0.2) is 0 Å². The van der Waals surface area contributed by atoms with Gasteiger partial charge < -0.3 is 60.7 Å². The maximum atomic E-state index is 13.6. The van der Waals surface area contributed by atoms with Crippen LogP contribution in [0.1, 0.15) is 87.5 Å². The van der Waals surface area contributed by atoms with Crippen LogP contribution >= 0.6 is 0 Å². The first-order chi connectivity index (χ1) is 32.4. The second-order valence-electron chi connectivity index (χ2n) is 18.7. The Morgan fingerprint density at radius 2 is 1.09 bits per heavy atom. The number of amides is 11. The van der Waals surface area contributed by atoms with E-state index in [9.17, 15) is 57.8 Å². The van der Waals surface area contributed by atoms with Crippen molar-refractivity contribution in [3.05, 3.63) is 12.2 Å². The number of nitrogens with one attached hydrogen (secondary N) is 4. The van der Waals surface area contributed by atoms with Crippen molar-refractivity contribution in [2.45, 2.75) is 124 Å². The van der Waals surface area contributed by atoms with Gasteiger partial charge in [0.05, 0.1) is 45.2 Å². The van der Waals surface area contributed by atoms with Gasteiger partial charge in [0, 0.05) is 56.4 Å². The molecule has 70 heavy (non-hydrogen) atoms. The Morgan fingerprint density at radius 3 is 1.59 bits per heavy atom. The molecular weight excluding hydrogens is 911 g/mol. The minimum atomic E-state index is -1.18. The number of nitrogens with zero attached hydrogens (tertiary/aromatic N) is 7. The second-order valence-corrected chi connectivity index (χ2v) is 18.7. The fourth-order valence-corrected chi connectivity index (χ4v) is 6.98. The summed E-state index contributed by atoms with van der Waals surface area (Å²) in [5.41, 5.74) is 0. The Hall–Kier alpha value is -6.13. The van der Waals surface area contributed by atoms with Gasteiger partial charge in [-0.2, -0.15) is 0 Å². The summed E-state index contributed by atoms with van der Waals surface area (Å²) in [5, 5.41) is 20.3. The van der Waals surface area contributed by atoms with Crippen LogP contribution in [0, 0.1) is 11.8 Å². The van der Waals surface area contributed by atoms with Gasteiger partial charge in [0.2, 0.25) is 65.0 Å². The summed E-state index contributed by atoms with van der Waals surface area (Å²) < 4.78 is 0. The van der Waals surface area contributed by atoms with Gasteiger partial charge in [0.25, 0.3) is 0 Å². The van der Waals surface area contributed by atoms with Crippen molar-refractivity contribution < 1.29 is 57.8 Å². The van der Waals surface area contributed by atoms with Gasteiger partial charge in [-0.15, -0.1) is 0 Å². The zero-order valence-electron chi connectivity index (χ0n) is 44.4. The summed E-state index contributed by atoms with van der Waals surface area (Å²) in [6.07, 6.45) is 4.04. The molecule has 0 radical (unpaired) electrons. The zero-order valence-corrected chi connectivity index (χ0v) is 44.4. The van der Waals surface area contributed by atoms with Crippen molar-refractivity contribution in [1.82, 2.24) is 55.6 Å². The number of hydrogen-bond donors (Lipinski definition) is 5. The quantitative estimate of drug-likeness (QED) is 0.0530. The molecule has 0 aliphatic heterocycles. The van der Waals surface area contributed by atoms with Crippen molar-refractivity contribution in [1.29, 1.82) is 0 Å². The third-order valence-electron chi connectivity index (χ3n) is 11.4. The Bertz CT molecular complexity index is 1860. The smallest absolute Gasteiger partial charge is 0.245 e. The van der Waals surface area contributed by atoms with E-state index in [0.717, 1.165) is 24.5 Å². The number of carbonyl (C=O) groups excluding carboxylic acids is 11. The molecule has 0 bridgehead atoms. The average molecular weight is 994 g/mol. The van der Waals surface area contributed by atoms with E-state index in [-0.39, 0.29) is 43.6 Å². The molecule has 0 aliphatic carbocycles. The molecule has 0 aromatic rings. The highest BCUT2D eigenvalue weighted by Crippen LogP contribution is 2.14. The topological polar surface area (TPSA) is 279 Å². The molecule has 398 valence electrons. The first-order valence-corrected chi connectivity index (χ1v) is 23.6. The summed E-state index contributed by atoms with van der Waals surface area (Å²) in [4.78, 5) is 152. The first kappa shape index (κ1) is 63.9. The van der Waals surface area contributed by atoms with Gasteiger partial charge in [0.15, 0.2) is 0 Å². The Labute approximate surface area is 414 Å². The van der Waals surface area contributed by atoms with Crippen LogP contribution in [0.3, 0.4) is 0 Å². The Kier molecular flexibility index (Phi) is 28.4. The number of allylic oxidation sites excluding steroid dienone is 2. The standard InChI is InChI=1S/C47H83N11O12/c1-17-19-20-21-33(59)23-36(60)51-34(18-2)46(69)56(14)27-39(63)53(11)25-37(61)48-24-38(62)57(15)35(22-29(3)4)44(67)49-31(7)43(66)50-32(8)45(68)55(13)26-40(64)54(12)28-41(65)58(16)42(30(5)6)47(70)52(9)10/h17,19,29-35,42,59H,18,20-28H2,1-16H3,(H,48,61)(H,49,67)(H,50,66)(H,51,60)/b19-17+/t31-,32?,33?,34?,35?,42?/m0/s1. The number of likely N-dealkylation sites (N-methyl/N-ethyl adjacent to an activating group) is 7. The van der Waals surface area contributed by atoms with E-state index in [1.165, 1.54) is 65.9 Å². The molecule has 5 unspecified atom stereocenters. The number of hydrogen-bond acceptors (Lipinski definition) is 12. The van der Waals surface area contributed by atoms with Gasteiger partial charge in [0.1, 0.15) is 30.2 Å². The lowest BCUT2D eigenvalue weighted by Crippen LogP contribution is -2.57. The molecule has 0 spiro atoms. The van der Waals surface area contributed by atoms with E-state index >= 15 is 0 Å². The second kappa shape index (κ2) is 31.2. The number of aliphatic hydroxyl groups excluding tert-OH is 1. The molecule has 0 saturated heterocycles. The van der Waals surface area contributed by atoms with Crippen molar-refractivity contribution >= 4 is 65.0 Å². The molecule has 5 N–H and O–H groups in total. The van der Waals surface area contributed by atoms with Gasteiger partial charge in [-0.3, -0.25) is 52.7 Å². The maximum absolute atomic E-state index is 13.6. The summed E-state index contributed by atoms with van der Waals surface area (Å²) in [6.45, 7) is 11.4. The molecule has 23 nitrogen and oxygen atoms in total. The van der Waals surface area contributed by atoms with Crippen molar-refractivity contribution in [3.63, 3.8) is 0 Å². The minimum Gasteiger partial charge on any atom is -0.393 e. The fourth-order valence-electron chi connectivity index (χ4n) is 6.98. The predicted octanol–water partition coefficient (Wildman–Crippen LogP) is -1.61. The molecule has 0 heterocycles. The summed E-state index contributed by atoms with van der Waals surface area (Å²) in [5.74, 6) is -6.65. The average Bonchev–Trinajstić information content (AvgIpc) is 3.27. The molecular formula is C47H83N11O12. The minimum absolute atomic E-state index is 0.0949. The Morgan fingerprint density at radius 1 is 0.571 bits per heavy atom. The lowest BCUT2D eigenvalue weighted by molar-refractivity contribution is -0.148. The van der Waals surface area contributed by atoms with Crippen LogP contribution in [-0.2, 0) is 52.7 Å². The van der Waals surface area contributed by atoms with Crippen LogP contribution in [-0.4, -0.2) is 230 Å². The van der Waals surface area contributed by atoms with Crippen LogP contribution in [0.5, 0.6) is 0 Å². The third-order valence-corrected chi connectivity index (χ3v) is 11.4. The van der Waals surface area contributed by atoms with E-state index in [2.05, 4.69) is 21.3 Å². The van der Waals surface area contributed by atoms with E-state index in [1.807, 2.05) is 46.8 Å². The maximum Gasteiger partial charge on any atom is 0.245 e. The van der Waals surface area contributed by atoms with Gasteiger partial charge in [-0.05, 0) is 58.3 Å². The van der Waals surface area contributed by atoms with Crippen molar-refractivity contribution in [2.75, 3.05) is 89.1 Å². The molecule has 0 aromatic carbocycles. The van der Waals surface area contributed by atoms with Crippen molar-refractivity contribution in [2.24, 2.45) is 11.8 Å². The zero-order chi connectivity index (χ0) is 54.3. The highest BCUT2D eigenvalue weighted by atomic mass is 16.3. The monoisotopic (exact) mass is 994 g/mol. The molecule has 0 fully saturated rings. The fraction of sp³-hybridized carbons (Fsp3) is 0.723. The van der Waals surface area contributed by atoms with E-state index < -0.39 is 122 Å². The van der Waals surface area contributed by atoms with Gasteiger partial charge in [-0.1, -0.05) is 46.8 Å². The van der Waals surface area contributed by atoms with E-state index in [4.69, 9.17) is 0 Å². The number of aliphatic hydroxyl groups is 1. The first-order valence-electron chi connectivity index (χ1n) is 23.6.